The van der Waals surface area contributed by atoms with Gasteiger partial charge in [-0.05, 0) is 37.1 Å². The van der Waals surface area contributed by atoms with Crippen molar-refractivity contribution in [3.05, 3.63) is 65.4 Å². The van der Waals surface area contributed by atoms with Crippen molar-refractivity contribution in [1.29, 1.82) is 0 Å². The van der Waals surface area contributed by atoms with Crippen LogP contribution in [-0.4, -0.2) is 74.0 Å². The molecule has 2 aromatic heterocycles. The molecule has 1 amide bonds. The van der Waals surface area contributed by atoms with Crippen LogP contribution in [0.4, 0.5) is 13.2 Å². The predicted molar refractivity (Wildman–Crippen MR) is 148 cm³/mol. The average Bonchev–Trinajstić information content (AvgIpc) is 3.54. The smallest absolute Gasteiger partial charge is 0.416 e. The number of hydrogen-bond donors (Lipinski definition) is 1. The summed E-state index contributed by atoms with van der Waals surface area (Å²) in [5.74, 6) is -0.0738. The van der Waals surface area contributed by atoms with E-state index in [0.29, 0.717) is 42.9 Å². The Kier molecular flexibility index (Phi) is 7.67. The number of nitrogens with zero attached hydrogens (tertiary/aromatic N) is 5. The zero-order chi connectivity index (χ0) is 29.4. The number of alkyl halides is 3. The number of halogens is 3. The quantitative estimate of drug-likeness (QED) is 0.342. The lowest BCUT2D eigenvalue weighted by Crippen LogP contribution is -2.43. The molecule has 4 heterocycles. The zero-order valence-corrected chi connectivity index (χ0v) is 23.2. The number of para-hydroxylation sites is 2. The third kappa shape index (κ3) is 6.00. The Morgan fingerprint density at radius 2 is 1.83 bits per heavy atom. The molecule has 1 N–H and O–H groups in total. The summed E-state index contributed by atoms with van der Waals surface area (Å²) in [5.41, 5.74) is 3.48. The number of β-amino-alcohol motifs (C(OH)–C–C–N with tert-alkyl or cyclic N) is 1. The van der Waals surface area contributed by atoms with E-state index in [4.69, 9.17) is 14.3 Å². The number of fused-ring (bicyclic) bond motifs is 2. The van der Waals surface area contributed by atoms with Gasteiger partial charge in [-0.25, -0.2) is 0 Å². The highest BCUT2D eigenvalue weighted by Crippen LogP contribution is 2.34. The van der Waals surface area contributed by atoms with Crippen LogP contribution in [0.25, 0.3) is 22.4 Å². The Bertz CT molecular complexity index is 1520. The SMILES string of the molecule is CC(=O)N1CCc2c(c(-c3ccc(C(F)(F)F)cc3)nn2CC(O)CN2CCC(Oc3nc4ccccc4o3)CC2)C1. The summed E-state index contributed by atoms with van der Waals surface area (Å²) in [4.78, 5) is 20.4. The van der Waals surface area contributed by atoms with Gasteiger partial charge in [-0.1, -0.05) is 24.3 Å². The Labute approximate surface area is 240 Å². The zero-order valence-electron chi connectivity index (χ0n) is 23.2. The molecule has 1 unspecified atom stereocenters. The van der Waals surface area contributed by atoms with E-state index in [1.165, 1.54) is 19.1 Å². The normalized spacial score (nSPS) is 17.4. The second-order valence-corrected chi connectivity index (χ2v) is 10.9. The van der Waals surface area contributed by atoms with Crippen LogP contribution < -0.4 is 4.74 Å². The van der Waals surface area contributed by atoms with Gasteiger partial charge in [-0.3, -0.25) is 9.48 Å². The fourth-order valence-electron chi connectivity index (χ4n) is 5.77. The number of ether oxygens (including phenoxy) is 1. The predicted octanol–water partition coefficient (Wildman–Crippen LogP) is 4.52. The summed E-state index contributed by atoms with van der Waals surface area (Å²) in [5, 5.41) is 15.8. The molecule has 0 saturated carbocycles. The summed E-state index contributed by atoms with van der Waals surface area (Å²) in [6, 6.07) is 12.4. The van der Waals surface area contributed by atoms with Gasteiger partial charge in [0.1, 0.15) is 11.6 Å². The van der Waals surface area contributed by atoms with Crippen LogP contribution in [-0.2, 0) is 30.5 Å². The molecule has 4 aromatic rings. The maximum atomic E-state index is 13.1. The Balaban J connectivity index is 1.11. The summed E-state index contributed by atoms with van der Waals surface area (Å²) in [6.07, 6.45) is -2.82. The molecule has 6 rings (SSSR count). The van der Waals surface area contributed by atoms with Crippen LogP contribution in [0, 0.1) is 0 Å². The number of hydrogen-bond acceptors (Lipinski definition) is 7. The molecule has 0 radical (unpaired) electrons. The maximum absolute atomic E-state index is 13.1. The summed E-state index contributed by atoms with van der Waals surface area (Å²) in [7, 11) is 0. The molecule has 1 atom stereocenters. The molecule has 12 heteroatoms. The lowest BCUT2D eigenvalue weighted by molar-refractivity contribution is -0.137. The summed E-state index contributed by atoms with van der Waals surface area (Å²) >= 11 is 0. The van der Waals surface area contributed by atoms with E-state index in [9.17, 15) is 23.1 Å². The van der Waals surface area contributed by atoms with Crippen LogP contribution in [0.5, 0.6) is 6.08 Å². The van der Waals surface area contributed by atoms with Crippen LogP contribution >= 0.6 is 0 Å². The second kappa shape index (κ2) is 11.4. The number of rotatable bonds is 7. The Morgan fingerprint density at radius 3 is 2.52 bits per heavy atom. The van der Waals surface area contributed by atoms with Gasteiger partial charge in [0.25, 0.3) is 0 Å². The minimum Gasteiger partial charge on any atom is -0.447 e. The number of aliphatic hydroxyl groups excluding tert-OH is 1. The molecule has 0 bridgehead atoms. The number of oxazole rings is 1. The van der Waals surface area contributed by atoms with Crippen molar-refractivity contribution >= 4 is 17.0 Å². The van der Waals surface area contributed by atoms with Gasteiger partial charge in [0.05, 0.1) is 23.9 Å². The molecule has 1 saturated heterocycles. The minimum atomic E-state index is -4.43. The van der Waals surface area contributed by atoms with E-state index in [2.05, 4.69) is 9.88 Å². The fourth-order valence-corrected chi connectivity index (χ4v) is 5.77. The fraction of sp³-hybridized carbons (Fsp3) is 0.433. The van der Waals surface area contributed by atoms with Gasteiger partial charge in [0, 0.05) is 62.9 Å². The largest absolute Gasteiger partial charge is 0.447 e. The molecule has 2 aliphatic rings. The number of aromatic nitrogens is 3. The van der Waals surface area contributed by atoms with Crippen molar-refractivity contribution in [2.24, 2.45) is 0 Å². The van der Waals surface area contributed by atoms with Gasteiger partial charge in [0.2, 0.25) is 5.91 Å². The standard InChI is InChI=1S/C30H32F3N5O4/c1-19(39)37-15-12-26-24(18-37)28(20-6-8-21(9-7-20)30(31,32)33)35-38(26)17-22(40)16-36-13-10-23(11-14-36)41-29-34-25-4-2-3-5-27(25)42-29/h2-9,22-23,40H,10-18H2,1H3. The molecule has 1 fully saturated rings. The van der Waals surface area contributed by atoms with E-state index >= 15 is 0 Å². The van der Waals surface area contributed by atoms with Crippen LogP contribution in [0.15, 0.2) is 52.9 Å². The molecular formula is C30H32F3N5O4. The van der Waals surface area contributed by atoms with E-state index in [-0.39, 0.29) is 24.6 Å². The third-order valence-corrected chi connectivity index (χ3v) is 7.99. The number of carbonyl (C=O) groups is 1. The number of benzene rings is 2. The van der Waals surface area contributed by atoms with Gasteiger partial charge < -0.3 is 24.1 Å². The average molecular weight is 584 g/mol. The number of likely N-dealkylation sites (tertiary alicyclic amines) is 1. The molecule has 222 valence electrons. The monoisotopic (exact) mass is 583 g/mol. The van der Waals surface area contributed by atoms with Crippen molar-refractivity contribution in [2.75, 3.05) is 26.2 Å². The number of carbonyl (C=O) groups excluding carboxylic acids is 1. The minimum absolute atomic E-state index is 0.0277. The topological polar surface area (TPSA) is 96.9 Å². The molecule has 2 aromatic carbocycles. The maximum Gasteiger partial charge on any atom is 0.416 e. The van der Waals surface area contributed by atoms with Crippen LogP contribution in [0.2, 0.25) is 0 Å². The first kappa shape index (κ1) is 28.2. The van der Waals surface area contributed by atoms with Crippen molar-refractivity contribution in [2.45, 2.75) is 57.7 Å². The van der Waals surface area contributed by atoms with E-state index in [1.54, 1.807) is 9.58 Å². The molecule has 42 heavy (non-hydrogen) atoms. The van der Waals surface area contributed by atoms with Gasteiger partial charge in [0.15, 0.2) is 5.58 Å². The number of amides is 1. The van der Waals surface area contributed by atoms with Gasteiger partial charge >= 0.3 is 12.3 Å². The van der Waals surface area contributed by atoms with Crippen LogP contribution in [0.1, 0.15) is 36.6 Å². The first-order valence-corrected chi connectivity index (χ1v) is 14.1. The van der Waals surface area contributed by atoms with Gasteiger partial charge in [-0.2, -0.15) is 23.3 Å². The molecule has 0 spiro atoms. The third-order valence-electron chi connectivity index (χ3n) is 7.99. The van der Waals surface area contributed by atoms with E-state index < -0.39 is 17.8 Å². The highest BCUT2D eigenvalue weighted by Gasteiger charge is 2.32. The number of aliphatic hydroxyl groups is 1. The summed E-state index contributed by atoms with van der Waals surface area (Å²) < 4.78 is 52.8. The second-order valence-electron chi connectivity index (χ2n) is 10.9. The van der Waals surface area contributed by atoms with Crippen molar-refractivity contribution in [3.63, 3.8) is 0 Å². The molecule has 0 aliphatic carbocycles. The Hall–Kier alpha value is -3.90. The number of piperidine rings is 1. The van der Waals surface area contributed by atoms with Crippen molar-refractivity contribution in [1.82, 2.24) is 24.6 Å². The molecular weight excluding hydrogens is 551 g/mol. The molecule has 2 aliphatic heterocycles. The lowest BCUT2D eigenvalue weighted by atomic mass is 10.00. The highest BCUT2D eigenvalue weighted by atomic mass is 19.4. The first-order chi connectivity index (χ1) is 20.1. The van der Waals surface area contributed by atoms with E-state index in [0.717, 1.165) is 54.8 Å². The van der Waals surface area contributed by atoms with Crippen molar-refractivity contribution in [3.8, 4) is 17.3 Å². The van der Waals surface area contributed by atoms with Crippen LogP contribution in [0.3, 0.4) is 0 Å². The van der Waals surface area contributed by atoms with Crippen molar-refractivity contribution < 1.29 is 32.2 Å². The Morgan fingerprint density at radius 1 is 1.10 bits per heavy atom. The van der Waals surface area contributed by atoms with Gasteiger partial charge in [-0.15, -0.1) is 0 Å². The first-order valence-electron chi connectivity index (χ1n) is 14.1. The summed E-state index contributed by atoms with van der Waals surface area (Å²) in [6.45, 7) is 4.50. The lowest BCUT2D eigenvalue weighted by Gasteiger charge is -2.32. The highest BCUT2D eigenvalue weighted by molar-refractivity contribution is 5.75. The molecule has 9 nitrogen and oxygen atoms in total. The van der Waals surface area contributed by atoms with E-state index in [1.807, 2.05) is 24.3 Å².